The molecule has 1 aromatic carbocycles. The fraction of sp³-hybridized carbons (Fsp3) is 0.0833. The average Bonchev–Trinajstić information content (AvgIpc) is 2.94. The van der Waals surface area contributed by atoms with Gasteiger partial charge in [-0.05, 0) is 24.3 Å². The summed E-state index contributed by atoms with van der Waals surface area (Å²) >= 11 is 0.710. The molecule has 0 atom stereocenters. The van der Waals surface area contributed by atoms with Gasteiger partial charge in [0.25, 0.3) is 0 Å². The number of hydrogen-bond acceptors (Lipinski definition) is 2. The molecule has 0 fully saturated rings. The number of para-hydroxylation sites is 2. The quantitative estimate of drug-likeness (QED) is 0.649. The van der Waals surface area contributed by atoms with Crippen LogP contribution in [0.2, 0.25) is 0 Å². The van der Waals surface area contributed by atoms with E-state index >= 15 is 0 Å². The molecule has 0 bridgehead atoms. The first-order valence-electron chi connectivity index (χ1n) is 5.15. The van der Waals surface area contributed by atoms with Crippen molar-refractivity contribution in [2.24, 2.45) is 0 Å². The lowest BCUT2D eigenvalue weighted by Gasteiger charge is -2.02. The van der Waals surface area contributed by atoms with E-state index in [2.05, 4.69) is 4.98 Å². The molecule has 0 saturated heterocycles. The first-order chi connectivity index (χ1) is 8.55. The molecule has 6 heteroatoms. The molecule has 0 saturated carbocycles. The van der Waals surface area contributed by atoms with Crippen LogP contribution in [0.5, 0.6) is 0 Å². The minimum absolute atomic E-state index is 0.510. The highest BCUT2D eigenvalue weighted by molar-refractivity contribution is 7.14. The van der Waals surface area contributed by atoms with Crippen LogP contribution in [-0.2, 0) is 6.18 Å². The number of thiophene rings is 1. The zero-order valence-electron chi connectivity index (χ0n) is 8.98. The van der Waals surface area contributed by atoms with E-state index in [-0.39, 0.29) is 0 Å². The second kappa shape index (κ2) is 3.84. The van der Waals surface area contributed by atoms with E-state index in [1.807, 2.05) is 24.3 Å². The standard InChI is InChI=1S/C12H7F3N2S/c13-12(14,15)10-5-6-11(18-10)17-7-16-8-3-1-2-4-9(8)17/h1-7H. The molecule has 0 amide bonds. The van der Waals surface area contributed by atoms with Gasteiger partial charge in [-0.3, -0.25) is 4.57 Å². The highest BCUT2D eigenvalue weighted by atomic mass is 32.1. The van der Waals surface area contributed by atoms with Crippen molar-refractivity contribution in [3.05, 3.63) is 47.6 Å². The van der Waals surface area contributed by atoms with Gasteiger partial charge in [-0.2, -0.15) is 13.2 Å². The first kappa shape index (κ1) is 11.3. The van der Waals surface area contributed by atoms with Crippen molar-refractivity contribution in [3.63, 3.8) is 0 Å². The molecular weight excluding hydrogens is 261 g/mol. The third-order valence-corrected chi connectivity index (χ3v) is 3.69. The Bertz CT molecular complexity index is 696. The Kier molecular flexibility index (Phi) is 2.41. The van der Waals surface area contributed by atoms with Gasteiger partial charge in [0.15, 0.2) is 0 Å². The van der Waals surface area contributed by atoms with E-state index in [1.54, 1.807) is 4.57 Å². The van der Waals surface area contributed by atoms with Crippen LogP contribution < -0.4 is 0 Å². The Morgan fingerprint density at radius 1 is 1.06 bits per heavy atom. The number of alkyl halides is 3. The summed E-state index contributed by atoms with van der Waals surface area (Å²) in [5, 5.41) is 0.510. The molecule has 2 nitrogen and oxygen atoms in total. The van der Waals surface area contributed by atoms with Crippen LogP contribution in [0.3, 0.4) is 0 Å². The molecule has 3 aromatic rings. The molecule has 0 radical (unpaired) electrons. The summed E-state index contributed by atoms with van der Waals surface area (Å²) in [6, 6.07) is 9.88. The lowest BCUT2D eigenvalue weighted by atomic mass is 10.3. The summed E-state index contributed by atoms with van der Waals surface area (Å²) in [4.78, 5) is 3.55. The van der Waals surface area contributed by atoms with Gasteiger partial charge >= 0.3 is 6.18 Å². The normalized spacial score (nSPS) is 12.2. The maximum atomic E-state index is 12.5. The zero-order valence-corrected chi connectivity index (χ0v) is 9.79. The number of imidazole rings is 1. The molecule has 0 aliphatic rings. The molecular formula is C12H7F3N2S. The van der Waals surface area contributed by atoms with Gasteiger partial charge in [-0.1, -0.05) is 12.1 Å². The Morgan fingerprint density at radius 2 is 1.83 bits per heavy atom. The van der Waals surface area contributed by atoms with Gasteiger partial charge in [0, 0.05) is 0 Å². The lowest BCUT2D eigenvalue weighted by molar-refractivity contribution is -0.134. The fourth-order valence-corrected chi connectivity index (χ4v) is 2.60. The van der Waals surface area contributed by atoms with E-state index in [4.69, 9.17) is 0 Å². The molecule has 92 valence electrons. The molecule has 0 spiro atoms. The van der Waals surface area contributed by atoms with Crippen LogP contribution in [0.1, 0.15) is 4.88 Å². The third-order valence-electron chi connectivity index (χ3n) is 2.56. The second-order valence-electron chi connectivity index (χ2n) is 3.74. The number of rotatable bonds is 1. The molecule has 2 heterocycles. The predicted molar refractivity (Wildman–Crippen MR) is 63.9 cm³/mol. The third kappa shape index (κ3) is 1.78. The number of hydrogen-bond donors (Lipinski definition) is 0. The van der Waals surface area contributed by atoms with E-state index in [0.29, 0.717) is 16.3 Å². The maximum absolute atomic E-state index is 12.5. The summed E-state index contributed by atoms with van der Waals surface area (Å²) in [6.07, 6.45) is -2.75. The molecule has 18 heavy (non-hydrogen) atoms. The minimum Gasteiger partial charge on any atom is -0.290 e. The van der Waals surface area contributed by atoms with Crippen LogP contribution >= 0.6 is 11.3 Å². The van der Waals surface area contributed by atoms with Crippen molar-refractivity contribution in [3.8, 4) is 5.00 Å². The molecule has 0 unspecified atom stereocenters. The predicted octanol–water partition coefficient (Wildman–Crippen LogP) is 4.11. The van der Waals surface area contributed by atoms with Crippen LogP contribution in [0.15, 0.2) is 42.7 Å². The summed E-state index contributed by atoms with van der Waals surface area (Å²) in [5.41, 5.74) is 1.56. The number of nitrogens with zero attached hydrogens (tertiary/aromatic N) is 2. The van der Waals surface area contributed by atoms with E-state index in [9.17, 15) is 13.2 Å². The minimum atomic E-state index is -4.29. The average molecular weight is 268 g/mol. The highest BCUT2D eigenvalue weighted by Gasteiger charge is 2.32. The topological polar surface area (TPSA) is 17.8 Å². The van der Waals surface area contributed by atoms with Crippen molar-refractivity contribution < 1.29 is 13.2 Å². The Morgan fingerprint density at radius 3 is 2.56 bits per heavy atom. The van der Waals surface area contributed by atoms with Crippen LogP contribution in [0.4, 0.5) is 13.2 Å². The van der Waals surface area contributed by atoms with E-state index in [1.165, 1.54) is 12.4 Å². The number of halogens is 3. The molecule has 2 aromatic heterocycles. The second-order valence-corrected chi connectivity index (χ2v) is 4.80. The SMILES string of the molecule is FC(F)(F)c1ccc(-n2cnc3ccccc32)s1. The number of benzene rings is 1. The first-order valence-corrected chi connectivity index (χ1v) is 5.97. The smallest absolute Gasteiger partial charge is 0.290 e. The Hall–Kier alpha value is -1.82. The van der Waals surface area contributed by atoms with Gasteiger partial charge in [-0.15, -0.1) is 11.3 Å². The van der Waals surface area contributed by atoms with Crippen molar-refractivity contribution in [2.75, 3.05) is 0 Å². The summed E-state index contributed by atoms with van der Waals surface area (Å²) in [6.45, 7) is 0. The maximum Gasteiger partial charge on any atom is 0.425 e. The van der Waals surface area contributed by atoms with Crippen molar-refractivity contribution >= 4 is 22.4 Å². The van der Waals surface area contributed by atoms with Crippen molar-refractivity contribution in [1.29, 1.82) is 0 Å². The van der Waals surface area contributed by atoms with E-state index in [0.717, 1.165) is 17.1 Å². The summed E-state index contributed by atoms with van der Waals surface area (Å²) in [5.74, 6) is 0. The van der Waals surface area contributed by atoms with Gasteiger partial charge < -0.3 is 0 Å². The van der Waals surface area contributed by atoms with Gasteiger partial charge in [0.2, 0.25) is 0 Å². The molecule has 0 aliphatic carbocycles. The summed E-state index contributed by atoms with van der Waals surface area (Å²) < 4.78 is 39.3. The Balaban J connectivity index is 2.13. The molecule has 0 N–H and O–H groups in total. The van der Waals surface area contributed by atoms with Crippen molar-refractivity contribution in [2.45, 2.75) is 6.18 Å². The lowest BCUT2D eigenvalue weighted by Crippen LogP contribution is -2.00. The number of aromatic nitrogens is 2. The molecule has 3 rings (SSSR count). The van der Waals surface area contributed by atoms with Gasteiger partial charge in [0.1, 0.15) is 16.2 Å². The fourth-order valence-electron chi connectivity index (χ4n) is 1.74. The van der Waals surface area contributed by atoms with E-state index < -0.39 is 11.1 Å². The van der Waals surface area contributed by atoms with Crippen molar-refractivity contribution in [1.82, 2.24) is 9.55 Å². The van der Waals surface area contributed by atoms with Crippen LogP contribution in [-0.4, -0.2) is 9.55 Å². The van der Waals surface area contributed by atoms with Crippen LogP contribution in [0.25, 0.3) is 16.0 Å². The zero-order chi connectivity index (χ0) is 12.8. The van der Waals surface area contributed by atoms with Gasteiger partial charge in [0.05, 0.1) is 11.0 Å². The largest absolute Gasteiger partial charge is 0.425 e. The molecule has 0 aliphatic heterocycles. The monoisotopic (exact) mass is 268 g/mol. The highest BCUT2D eigenvalue weighted by Crippen LogP contribution is 2.36. The van der Waals surface area contributed by atoms with Gasteiger partial charge in [-0.25, -0.2) is 4.98 Å². The summed E-state index contributed by atoms with van der Waals surface area (Å²) in [7, 11) is 0. The van der Waals surface area contributed by atoms with Crippen LogP contribution in [0, 0.1) is 0 Å². The Labute approximate surface area is 104 Å². The number of fused-ring (bicyclic) bond motifs is 1.